The summed E-state index contributed by atoms with van der Waals surface area (Å²) in [4.78, 5) is 1.16. The number of aromatic nitrogens is 3. The van der Waals surface area contributed by atoms with Gasteiger partial charge in [0, 0.05) is 11.3 Å². The molecule has 0 saturated carbocycles. The van der Waals surface area contributed by atoms with Crippen molar-refractivity contribution in [1.29, 1.82) is 0 Å². The van der Waals surface area contributed by atoms with Gasteiger partial charge in [0.1, 0.15) is 0 Å². The lowest BCUT2D eigenvalue weighted by atomic mass is 10.0. The molecule has 0 aliphatic heterocycles. The molecule has 19 heavy (non-hydrogen) atoms. The largest absolute Gasteiger partial charge is 0.298 e. The van der Waals surface area contributed by atoms with Gasteiger partial charge in [-0.05, 0) is 42.8 Å². The average molecular weight is 314 g/mol. The van der Waals surface area contributed by atoms with E-state index in [-0.39, 0.29) is 4.75 Å². The number of thioether (sulfide) groups is 1. The standard InChI is InChI=1S/C13H19N3S3/c1-4-13(5-2,18-3)9-16-11(14-15-12(16)17)10-7-6-8-19-10/h6-8H,4-5,9H2,1-3H3,(H,15,17). The van der Waals surface area contributed by atoms with Crippen LogP contribution in [0.1, 0.15) is 26.7 Å². The van der Waals surface area contributed by atoms with Gasteiger partial charge in [-0.15, -0.1) is 11.3 Å². The van der Waals surface area contributed by atoms with Crippen LogP contribution in [-0.4, -0.2) is 25.8 Å². The maximum Gasteiger partial charge on any atom is 0.195 e. The van der Waals surface area contributed by atoms with Gasteiger partial charge >= 0.3 is 0 Å². The molecule has 2 rings (SSSR count). The zero-order valence-electron chi connectivity index (χ0n) is 11.5. The second-order valence-electron chi connectivity index (χ2n) is 4.51. The van der Waals surface area contributed by atoms with Crippen LogP contribution in [0.4, 0.5) is 0 Å². The van der Waals surface area contributed by atoms with Crippen LogP contribution in [0.2, 0.25) is 0 Å². The zero-order valence-corrected chi connectivity index (χ0v) is 13.9. The fourth-order valence-electron chi connectivity index (χ4n) is 2.17. The summed E-state index contributed by atoms with van der Waals surface area (Å²) in [5.74, 6) is 0.959. The Labute approximate surface area is 127 Å². The maximum atomic E-state index is 5.40. The van der Waals surface area contributed by atoms with E-state index in [1.807, 2.05) is 17.8 Å². The van der Waals surface area contributed by atoms with Gasteiger partial charge in [-0.3, -0.25) is 9.67 Å². The van der Waals surface area contributed by atoms with Crippen LogP contribution in [0.15, 0.2) is 17.5 Å². The Kier molecular flexibility index (Phi) is 4.86. The Morgan fingerprint density at radius 2 is 2.21 bits per heavy atom. The van der Waals surface area contributed by atoms with Crippen molar-refractivity contribution in [1.82, 2.24) is 14.8 Å². The molecule has 0 aliphatic carbocycles. The maximum absolute atomic E-state index is 5.40. The van der Waals surface area contributed by atoms with E-state index < -0.39 is 0 Å². The minimum atomic E-state index is 0.230. The quantitative estimate of drug-likeness (QED) is 0.792. The van der Waals surface area contributed by atoms with Crippen molar-refractivity contribution in [2.75, 3.05) is 6.26 Å². The minimum Gasteiger partial charge on any atom is -0.298 e. The van der Waals surface area contributed by atoms with Crippen molar-refractivity contribution < 1.29 is 0 Å². The Balaban J connectivity index is 2.40. The van der Waals surface area contributed by atoms with Gasteiger partial charge in [0.15, 0.2) is 10.6 Å². The SMILES string of the molecule is CCC(CC)(Cn1c(-c2cccs2)n[nH]c1=S)SC. The van der Waals surface area contributed by atoms with E-state index in [2.05, 4.69) is 46.3 Å². The number of H-pyrrole nitrogens is 1. The van der Waals surface area contributed by atoms with E-state index in [0.29, 0.717) is 4.77 Å². The van der Waals surface area contributed by atoms with Crippen molar-refractivity contribution >= 4 is 35.3 Å². The average Bonchev–Trinajstić information content (AvgIpc) is 3.07. The molecule has 0 amide bonds. The molecule has 104 valence electrons. The van der Waals surface area contributed by atoms with E-state index in [4.69, 9.17) is 12.2 Å². The molecule has 2 heterocycles. The van der Waals surface area contributed by atoms with Crippen LogP contribution in [0.5, 0.6) is 0 Å². The summed E-state index contributed by atoms with van der Waals surface area (Å²) in [7, 11) is 0. The summed E-state index contributed by atoms with van der Waals surface area (Å²) in [5.41, 5.74) is 0. The number of nitrogens with zero attached hydrogens (tertiary/aromatic N) is 2. The molecule has 0 atom stereocenters. The molecule has 0 aromatic carbocycles. The fourth-order valence-corrected chi connectivity index (χ4v) is 3.93. The van der Waals surface area contributed by atoms with Crippen LogP contribution >= 0.6 is 35.3 Å². The van der Waals surface area contributed by atoms with Crippen LogP contribution in [0, 0.1) is 4.77 Å². The van der Waals surface area contributed by atoms with E-state index in [0.717, 1.165) is 30.1 Å². The van der Waals surface area contributed by atoms with Crippen molar-refractivity contribution in [2.24, 2.45) is 0 Å². The molecule has 1 N–H and O–H groups in total. The van der Waals surface area contributed by atoms with E-state index in [1.54, 1.807) is 11.3 Å². The molecule has 0 unspecified atom stereocenters. The first-order valence-corrected chi connectivity index (χ1v) is 8.91. The second kappa shape index (κ2) is 6.24. The lowest BCUT2D eigenvalue weighted by Gasteiger charge is -2.30. The van der Waals surface area contributed by atoms with Gasteiger partial charge in [0.25, 0.3) is 0 Å². The highest BCUT2D eigenvalue weighted by Gasteiger charge is 2.27. The van der Waals surface area contributed by atoms with Crippen molar-refractivity contribution in [3.05, 3.63) is 22.3 Å². The molecule has 0 bridgehead atoms. The van der Waals surface area contributed by atoms with E-state index >= 15 is 0 Å². The molecule has 6 heteroatoms. The first-order chi connectivity index (χ1) is 9.15. The predicted molar refractivity (Wildman–Crippen MR) is 87.6 cm³/mol. The number of hydrogen-bond acceptors (Lipinski definition) is 4. The molecule has 2 aromatic heterocycles. The summed E-state index contributed by atoms with van der Waals surface area (Å²) < 4.78 is 3.09. The third kappa shape index (κ3) is 2.95. The molecular weight excluding hydrogens is 294 g/mol. The highest BCUT2D eigenvalue weighted by molar-refractivity contribution is 8.00. The molecule has 0 saturated heterocycles. The Morgan fingerprint density at radius 3 is 2.74 bits per heavy atom. The normalized spacial score (nSPS) is 11.9. The lowest BCUT2D eigenvalue weighted by molar-refractivity contribution is 0.465. The van der Waals surface area contributed by atoms with Crippen LogP contribution in [-0.2, 0) is 6.54 Å². The summed E-state index contributed by atoms with van der Waals surface area (Å²) in [6.07, 6.45) is 4.44. The summed E-state index contributed by atoms with van der Waals surface area (Å²) >= 11 is 9.02. The first-order valence-electron chi connectivity index (χ1n) is 6.40. The highest BCUT2D eigenvalue weighted by atomic mass is 32.2. The van der Waals surface area contributed by atoms with Gasteiger partial charge in [0.2, 0.25) is 0 Å². The third-order valence-corrected chi connectivity index (χ3v) is 6.42. The molecule has 0 radical (unpaired) electrons. The van der Waals surface area contributed by atoms with Gasteiger partial charge in [0.05, 0.1) is 4.88 Å². The minimum absolute atomic E-state index is 0.230. The number of rotatable bonds is 6. The summed E-state index contributed by atoms with van der Waals surface area (Å²) in [6, 6.07) is 4.13. The fraction of sp³-hybridized carbons (Fsp3) is 0.538. The van der Waals surface area contributed by atoms with Crippen molar-refractivity contribution in [3.63, 3.8) is 0 Å². The van der Waals surface area contributed by atoms with E-state index in [9.17, 15) is 0 Å². The molecule has 0 aliphatic rings. The number of thiophene rings is 1. The molecule has 3 nitrogen and oxygen atoms in total. The van der Waals surface area contributed by atoms with Crippen LogP contribution < -0.4 is 0 Å². The molecular formula is C13H19N3S3. The highest BCUT2D eigenvalue weighted by Crippen LogP contribution is 2.34. The summed E-state index contributed by atoms with van der Waals surface area (Å²) in [6.45, 7) is 5.40. The Hall–Kier alpha value is -0.590. The van der Waals surface area contributed by atoms with Crippen molar-refractivity contribution in [3.8, 4) is 10.7 Å². The number of hydrogen-bond donors (Lipinski definition) is 1. The van der Waals surface area contributed by atoms with Gasteiger partial charge in [-0.1, -0.05) is 19.9 Å². The topological polar surface area (TPSA) is 33.6 Å². The Morgan fingerprint density at radius 1 is 1.47 bits per heavy atom. The van der Waals surface area contributed by atoms with Crippen LogP contribution in [0.3, 0.4) is 0 Å². The monoisotopic (exact) mass is 313 g/mol. The van der Waals surface area contributed by atoms with Gasteiger partial charge in [-0.25, -0.2) is 0 Å². The number of aromatic amines is 1. The second-order valence-corrected chi connectivity index (χ2v) is 7.12. The van der Waals surface area contributed by atoms with Crippen LogP contribution in [0.25, 0.3) is 10.7 Å². The number of nitrogens with one attached hydrogen (secondary N) is 1. The lowest BCUT2D eigenvalue weighted by Crippen LogP contribution is -2.29. The third-order valence-electron chi connectivity index (χ3n) is 3.67. The predicted octanol–water partition coefficient (Wildman–Crippen LogP) is 4.59. The smallest absolute Gasteiger partial charge is 0.195 e. The van der Waals surface area contributed by atoms with Gasteiger partial charge < -0.3 is 0 Å². The van der Waals surface area contributed by atoms with Gasteiger partial charge in [-0.2, -0.15) is 16.9 Å². The Bertz CT molecular complexity index is 556. The molecule has 2 aromatic rings. The van der Waals surface area contributed by atoms with E-state index in [1.165, 1.54) is 0 Å². The molecule has 0 fully saturated rings. The molecule has 0 spiro atoms. The van der Waals surface area contributed by atoms with Crippen molar-refractivity contribution in [2.45, 2.75) is 38.0 Å². The summed E-state index contributed by atoms with van der Waals surface area (Å²) in [5, 5.41) is 9.39. The zero-order chi connectivity index (χ0) is 13.9. The first kappa shape index (κ1) is 14.8.